The zero-order valence-electron chi connectivity index (χ0n) is 43.0. The number of alkyl carbamates (subject to hydrolysis) is 2. The number of piperidine rings is 2. The summed E-state index contributed by atoms with van der Waals surface area (Å²) in [5.74, 6) is 2.81. The number of ether oxygens (including phenoxy) is 7. The van der Waals surface area contributed by atoms with Crippen molar-refractivity contribution >= 4 is 35.9 Å². The molecule has 2 heterocycles. The van der Waals surface area contributed by atoms with Gasteiger partial charge in [-0.3, -0.25) is 19.4 Å². The number of hydrogen-bond acceptors (Lipinski definition) is 16. The second-order valence-corrected chi connectivity index (χ2v) is 19.0. The van der Waals surface area contributed by atoms with Gasteiger partial charge in [-0.05, 0) is 87.2 Å². The third-order valence-electron chi connectivity index (χ3n) is 11.1. The molecule has 0 unspecified atom stereocenters. The summed E-state index contributed by atoms with van der Waals surface area (Å²) in [6.45, 7) is 20.2. The molecule has 4 rings (SSSR count). The molecule has 2 aliphatic carbocycles. The number of rotatable bonds is 17. The third kappa shape index (κ3) is 24.8. The molecule has 8 atom stereocenters. The number of aliphatic carboxylic acids is 1. The number of esters is 1. The first-order valence-electron chi connectivity index (χ1n) is 23.3. The maximum absolute atomic E-state index is 12.7. The van der Waals surface area contributed by atoms with Gasteiger partial charge in [0.1, 0.15) is 11.2 Å². The van der Waals surface area contributed by atoms with Crippen molar-refractivity contribution in [3.8, 4) is 0 Å². The van der Waals surface area contributed by atoms with Gasteiger partial charge in [-0.25, -0.2) is 19.2 Å². The van der Waals surface area contributed by atoms with Gasteiger partial charge >= 0.3 is 75.5 Å². The van der Waals surface area contributed by atoms with Crippen LogP contribution in [0.25, 0.3) is 5.90 Å². The summed E-state index contributed by atoms with van der Waals surface area (Å²) in [7, 11) is 3.25. The molecule has 2 saturated heterocycles. The summed E-state index contributed by atoms with van der Waals surface area (Å²) < 4.78 is 38.1. The van der Waals surface area contributed by atoms with Gasteiger partial charge in [0, 0.05) is 65.1 Å². The molecule has 22 nitrogen and oxygen atoms in total. The fourth-order valence-corrected chi connectivity index (χ4v) is 8.54. The number of methoxy groups -OCH3 is 2. The summed E-state index contributed by atoms with van der Waals surface area (Å²) in [4.78, 5) is 78.1. The van der Waals surface area contributed by atoms with E-state index in [1.807, 2.05) is 6.08 Å². The predicted molar refractivity (Wildman–Crippen MR) is 256 cm³/mol. The number of carbonyl (C=O) groups excluding carboxylic acids is 5. The molecule has 0 spiro atoms. The summed E-state index contributed by atoms with van der Waals surface area (Å²) >= 11 is 0. The third-order valence-corrected chi connectivity index (χ3v) is 11.1. The smallest absolute Gasteiger partial charge is 0.553 e. The molecule has 2 fully saturated rings. The van der Waals surface area contributed by atoms with Crippen molar-refractivity contribution in [2.45, 2.75) is 168 Å². The number of amides is 4. The maximum Gasteiger partial charge on any atom is 1.00 e. The number of hydrogen-bond donors (Lipinski definition) is 6. The Morgan fingerprint density at radius 1 is 0.671 bits per heavy atom. The molecule has 0 aromatic rings. The molecule has 4 aliphatic rings. The Morgan fingerprint density at radius 2 is 1.06 bits per heavy atom. The molecule has 398 valence electrons. The molecule has 0 radical (unpaired) electrons. The number of nitrogens with one attached hydrogen (secondary N) is 5. The predicted octanol–water partition coefficient (Wildman–Crippen LogP) is 1.14. The molecule has 7 N–H and O–H groups in total. The number of nitrogens with zero attached hydrogens (tertiary/aromatic N) is 2. The van der Waals surface area contributed by atoms with Gasteiger partial charge in [-0.2, -0.15) is 0 Å². The minimum atomic E-state index is -1.04. The van der Waals surface area contributed by atoms with Crippen molar-refractivity contribution < 1.29 is 124 Å². The van der Waals surface area contributed by atoms with E-state index >= 15 is 0 Å². The van der Waals surface area contributed by atoms with Crippen molar-refractivity contribution in [1.29, 1.82) is 0 Å². The fourth-order valence-electron chi connectivity index (χ4n) is 8.54. The van der Waals surface area contributed by atoms with Crippen LogP contribution >= 0.6 is 0 Å². The number of carbonyl (C=O) groups is 6. The quantitative estimate of drug-likeness (QED) is 0.0392. The van der Waals surface area contributed by atoms with E-state index in [-0.39, 0.29) is 114 Å². The topological polar surface area (TPSA) is 286 Å². The largest absolute Gasteiger partial charge is 1.00 e. The molecule has 2 aliphatic heterocycles. The minimum absolute atomic E-state index is 0. The maximum atomic E-state index is 12.7. The number of carboxylic acid groups (broad SMARTS) is 1. The van der Waals surface area contributed by atoms with Gasteiger partial charge in [0.15, 0.2) is 0 Å². The van der Waals surface area contributed by atoms with Crippen LogP contribution in [-0.2, 0) is 52.3 Å². The Hall–Kier alpha value is -2.78. The Balaban J connectivity index is 0.00000128. The Labute approximate surface area is 457 Å². The summed E-state index contributed by atoms with van der Waals surface area (Å²) in [6.07, 6.45) is 6.21. The molecular weight excluding hydrogens is 942 g/mol. The Kier molecular flexibility index (Phi) is 32.5. The van der Waals surface area contributed by atoms with E-state index in [0.29, 0.717) is 45.1 Å². The van der Waals surface area contributed by atoms with Gasteiger partial charge in [0.05, 0.1) is 81.5 Å². The first-order valence-corrected chi connectivity index (χ1v) is 23.3. The van der Waals surface area contributed by atoms with Crippen molar-refractivity contribution in [3.05, 3.63) is 29.2 Å². The van der Waals surface area contributed by atoms with Gasteiger partial charge < -0.3 is 70.6 Å². The van der Waals surface area contributed by atoms with E-state index in [4.69, 9.17) is 44.3 Å². The van der Waals surface area contributed by atoms with E-state index in [2.05, 4.69) is 31.1 Å². The zero-order valence-corrected chi connectivity index (χ0v) is 46.1. The first-order chi connectivity index (χ1) is 32.0. The monoisotopic (exact) mass is 1030 g/mol. The van der Waals surface area contributed by atoms with Gasteiger partial charge in [0.25, 0.3) is 0 Å². The SMILES string of the molecule is C.CCOC(=O)C1=C[C@@H](N2CCC[C@H](OCCOC)C2)[C@H](NC(C)=O)[C@@H](NC(=O)OC(C)(C)C)C1.COCCO[C@H]1CCCN([C@@H]2C=C(C(=O)O)C[C@H](NC(=O)OC(C)(C)C)[C@H]2NC(C)=O)C1.[K+].[NH-]O. The Bertz CT molecular complexity index is 1690. The van der Waals surface area contributed by atoms with Crippen LogP contribution in [0.4, 0.5) is 9.59 Å². The Morgan fingerprint density at radius 3 is 1.40 bits per heavy atom. The van der Waals surface area contributed by atoms with Crippen LogP contribution < -0.4 is 72.7 Å². The molecule has 4 amide bonds. The number of carboxylic acids is 1. The van der Waals surface area contributed by atoms with E-state index in [1.54, 1.807) is 68.8 Å². The average Bonchev–Trinajstić information content (AvgIpc) is 3.24. The zero-order chi connectivity index (χ0) is 51.2. The van der Waals surface area contributed by atoms with E-state index < -0.39 is 65.5 Å². The average molecular weight is 1030 g/mol. The number of likely N-dealkylation sites (tertiary alicyclic amines) is 2. The molecule has 0 saturated carbocycles. The van der Waals surface area contributed by atoms with Crippen molar-refractivity contribution in [1.82, 2.24) is 31.1 Å². The van der Waals surface area contributed by atoms with Crippen LogP contribution in [0.5, 0.6) is 0 Å². The van der Waals surface area contributed by atoms with E-state index in [1.165, 1.54) is 13.8 Å². The molecule has 70 heavy (non-hydrogen) atoms. The van der Waals surface area contributed by atoms with Crippen LogP contribution in [0, 0.1) is 0 Å². The summed E-state index contributed by atoms with van der Waals surface area (Å²) in [6, 6.07) is -2.90. The second-order valence-electron chi connectivity index (χ2n) is 19.0. The van der Waals surface area contributed by atoms with Crippen LogP contribution in [0.1, 0.15) is 108 Å². The van der Waals surface area contributed by atoms with E-state index in [0.717, 1.165) is 38.8 Å². The molecule has 0 aromatic heterocycles. The second kappa shape index (κ2) is 33.8. The van der Waals surface area contributed by atoms with E-state index in [9.17, 15) is 33.9 Å². The first kappa shape index (κ1) is 67.2. The molecule has 0 bridgehead atoms. The molecule has 0 aromatic carbocycles. The standard InChI is InChI=1S/C24H41N3O7.C22H37N3O7.CH4.K.H2NO/c1-7-32-22(29)17-13-19(26-23(30)34-24(3,4)5)21(25-16(2)28)20(14-17)27-10-8-9-18(15-27)33-12-11-31-6;1-14(26)23-19-17(24-21(29)32-22(2,3)4)11-15(20(27)28)12-18(19)25-8-6-7-16(13-25)31-10-9-30-5;;;1-2/h14,18-21H,7-13,15H2,1-6H3,(H,25,28)(H,26,30);12,16-19H,6-11,13H2,1-5H3,(H,23,26)(H,24,29)(H,27,28);1H4;;1-2H/q;;;+1;-1/t18-,19-,20+,21+;16-,17-,18+,19+;;;/m00.../s1. The van der Waals surface area contributed by atoms with Crippen molar-refractivity contribution in [3.63, 3.8) is 0 Å². The summed E-state index contributed by atoms with van der Waals surface area (Å²) in [5, 5.41) is 27.5. The molecular formula is C47H84KN7O15. The van der Waals surface area contributed by atoms with Gasteiger partial charge in [-0.1, -0.05) is 19.6 Å². The van der Waals surface area contributed by atoms with Crippen LogP contribution in [-0.4, -0.2) is 189 Å². The molecule has 23 heteroatoms. The fraction of sp³-hybridized carbons (Fsp3) is 0.787. The van der Waals surface area contributed by atoms with Crippen molar-refractivity contribution in [2.75, 3.05) is 73.4 Å². The van der Waals surface area contributed by atoms with Crippen molar-refractivity contribution in [2.24, 2.45) is 0 Å². The van der Waals surface area contributed by atoms with Gasteiger partial charge in [-0.15, -0.1) is 0 Å². The van der Waals surface area contributed by atoms with Crippen LogP contribution in [0.15, 0.2) is 23.3 Å². The van der Waals surface area contributed by atoms with Gasteiger partial charge in [0.2, 0.25) is 11.8 Å². The normalized spacial score (nSPS) is 24.8. The summed E-state index contributed by atoms with van der Waals surface area (Å²) in [5.41, 5.74) is -0.717. The van der Waals surface area contributed by atoms with Crippen LogP contribution in [0.3, 0.4) is 0 Å². The van der Waals surface area contributed by atoms with Crippen LogP contribution in [0.2, 0.25) is 0 Å². The minimum Gasteiger partial charge on any atom is -0.553 e.